The first kappa shape index (κ1) is 19.5. The number of hydrogen-bond donors (Lipinski definition) is 1. The van der Waals surface area contributed by atoms with Crippen LogP contribution in [-0.2, 0) is 9.53 Å². The van der Waals surface area contributed by atoms with Crippen molar-refractivity contribution in [1.29, 1.82) is 0 Å². The van der Waals surface area contributed by atoms with E-state index in [4.69, 9.17) is 9.47 Å². The summed E-state index contributed by atoms with van der Waals surface area (Å²) in [5, 5.41) is 2.98. The number of benzene rings is 1. The maximum Gasteiger partial charge on any atom is 0.256 e. The molecule has 0 spiro atoms. The standard InChI is InChI=1S/C19H31NO3/c1-7-11-22-17-10-9-16(12-15(17)5)20-18(21)19(6,23-8-2)13-14(3)4/h9-10,12,14H,7-8,11,13H2,1-6H3,(H,20,21)/t19-/m1/s1. The molecule has 130 valence electrons. The Morgan fingerprint density at radius 3 is 2.52 bits per heavy atom. The molecular formula is C19H31NO3. The highest BCUT2D eigenvalue weighted by molar-refractivity contribution is 5.97. The molecule has 1 N–H and O–H groups in total. The van der Waals surface area contributed by atoms with Gasteiger partial charge in [-0.25, -0.2) is 0 Å². The Bertz CT molecular complexity index is 513. The van der Waals surface area contributed by atoms with Gasteiger partial charge in [-0.1, -0.05) is 20.8 Å². The molecule has 1 rings (SSSR count). The van der Waals surface area contributed by atoms with E-state index in [9.17, 15) is 4.79 Å². The highest BCUT2D eigenvalue weighted by Crippen LogP contribution is 2.26. The highest BCUT2D eigenvalue weighted by atomic mass is 16.5. The number of hydrogen-bond acceptors (Lipinski definition) is 3. The second-order valence-electron chi connectivity index (χ2n) is 6.54. The number of ether oxygens (including phenoxy) is 2. The minimum atomic E-state index is -0.811. The molecule has 0 unspecified atom stereocenters. The van der Waals surface area contributed by atoms with Crippen LogP contribution >= 0.6 is 0 Å². The molecule has 0 aliphatic heterocycles. The average Bonchev–Trinajstić information content (AvgIpc) is 2.45. The summed E-state index contributed by atoms with van der Waals surface area (Å²) in [5.41, 5.74) is 0.970. The highest BCUT2D eigenvalue weighted by Gasteiger charge is 2.34. The molecule has 0 aromatic heterocycles. The maximum absolute atomic E-state index is 12.7. The molecule has 4 nitrogen and oxygen atoms in total. The molecule has 1 atom stereocenters. The molecule has 0 aliphatic rings. The van der Waals surface area contributed by atoms with Crippen molar-refractivity contribution < 1.29 is 14.3 Å². The van der Waals surface area contributed by atoms with E-state index < -0.39 is 5.60 Å². The average molecular weight is 321 g/mol. The number of aryl methyl sites for hydroxylation is 1. The van der Waals surface area contributed by atoms with Crippen LogP contribution in [0.1, 0.15) is 53.0 Å². The molecule has 1 aromatic carbocycles. The van der Waals surface area contributed by atoms with Crippen molar-refractivity contribution in [3.63, 3.8) is 0 Å². The van der Waals surface area contributed by atoms with Gasteiger partial charge >= 0.3 is 0 Å². The minimum Gasteiger partial charge on any atom is -0.493 e. The molecule has 23 heavy (non-hydrogen) atoms. The summed E-state index contributed by atoms with van der Waals surface area (Å²) >= 11 is 0. The van der Waals surface area contributed by atoms with Crippen molar-refractivity contribution in [2.24, 2.45) is 5.92 Å². The molecule has 0 saturated carbocycles. The van der Waals surface area contributed by atoms with Crippen molar-refractivity contribution in [3.05, 3.63) is 23.8 Å². The quantitative estimate of drug-likeness (QED) is 0.725. The van der Waals surface area contributed by atoms with E-state index in [1.54, 1.807) is 0 Å². The Morgan fingerprint density at radius 2 is 2.00 bits per heavy atom. The van der Waals surface area contributed by atoms with E-state index in [1.807, 2.05) is 39.0 Å². The fraction of sp³-hybridized carbons (Fsp3) is 0.632. The number of carbonyl (C=O) groups is 1. The summed E-state index contributed by atoms with van der Waals surface area (Å²) in [6.45, 7) is 13.2. The predicted molar refractivity (Wildman–Crippen MR) is 95.1 cm³/mol. The van der Waals surface area contributed by atoms with Gasteiger partial charge in [0.15, 0.2) is 0 Å². The van der Waals surface area contributed by atoms with Crippen LogP contribution in [0, 0.1) is 12.8 Å². The lowest BCUT2D eigenvalue weighted by Crippen LogP contribution is -2.44. The van der Waals surface area contributed by atoms with Crippen LogP contribution in [0.4, 0.5) is 5.69 Å². The molecule has 0 aliphatic carbocycles. The summed E-state index contributed by atoms with van der Waals surface area (Å²) in [4.78, 5) is 12.7. The summed E-state index contributed by atoms with van der Waals surface area (Å²) < 4.78 is 11.4. The predicted octanol–water partition coefficient (Wildman–Crippen LogP) is 4.56. The zero-order valence-corrected chi connectivity index (χ0v) is 15.4. The van der Waals surface area contributed by atoms with Crippen molar-refractivity contribution in [2.45, 2.75) is 60.0 Å². The van der Waals surface area contributed by atoms with Gasteiger partial charge in [-0.05, 0) is 63.3 Å². The van der Waals surface area contributed by atoms with E-state index in [2.05, 4.69) is 26.1 Å². The van der Waals surface area contributed by atoms with Crippen LogP contribution in [-0.4, -0.2) is 24.7 Å². The van der Waals surface area contributed by atoms with Gasteiger partial charge < -0.3 is 14.8 Å². The lowest BCUT2D eigenvalue weighted by Gasteiger charge is -2.30. The van der Waals surface area contributed by atoms with Crippen LogP contribution in [0.2, 0.25) is 0 Å². The lowest BCUT2D eigenvalue weighted by atomic mass is 9.93. The van der Waals surface area contributed by atoms with Gasteiger partial charge in [-0.3, -0.25) is 4.79 Å². The van der Waals surface area contributed by atoms with Crippen LogP contribution in [0.5, 0.6) is 5.75 Å². The van der Waals surface area contributed by atoms with E-state index in [0.29, 0.717) is 25.6 Å². The smallest absolute Gasteiger partial charge is 0.256 e. The number of nitrogens with one attached hydrogen (secondary N) is 1. The third-order valence-corrected chi connectivity index (χ3v) is 3.64. The van der Waals surface area contributed by atoms with Crippen LogP contribution < -0.4 is 10.1 Å². The Hall–Kier alpha value is -1.55. The largest absolute Gasteiger partial charge is 0.493 e. The van der Waals surface area contributed by atoms with Crippen molar-refractivity contribution in [1.82, 2.24) is 0 Å². The molecule has 0 bridgehead atoms. The van der Waals surface area contributed by atoms with Crippen molar-refractivity contribution in [2.75, 3.05) is 18.5 Å². The first-order chi connectivity index (χ1) is 10.8. The minimum absolute atomic E-state index is 0.102. The topological polar surface area (TPSA) is 47.6 Å². The van der Waals surface area contributed by atoms with Crippen molar-refractivity contribution >= 4 is 11.6 Å². The summed E-state index contributed by atoms with van der Waals surface area (Å²) in [6.07, 6.45) is 1.66. The molecule has 0 heterocycles. The van der Waals surface area contributed by atoms with E-state index in [0.717, 1.165) is 23.4 Å². The zero-order chi connectivity index (χ0) is 17.5. The third-order valence-electron chi connectivity index (χ3n) is 3.64. The third kappa shape index (κ3) is 5.87. The Balaban J connectivity index is 2.84. The Kier molecular flexibility index (Phi) is 7.56. The molecule has 0 fully saturated rings. The molecule has 0 saturated heterocycles. The molecule has 4 heteroatoms. The van der Waals surface area contributed by atoms with Gasteiger partial charge in [0.25, 0.3) is 5.91 Å². The van der Waals surface area contributed by atoms with Crippen molar-refractivity contribution in [3.8, 4) is 5.75 Å². The first-order valence-electron chi connectivity index (χ1n) is 8.51. The molecule has 0 radical (unpaired) electrons. The normalized spacial score (nSPS) is 13.7. The van der Waals surface area contributed by atoms with Crippen LogP contribution in [0.3, 0.4) is 0 Å². The number of rotatable bonds is 9. The van der Waals surface area contributed by atoms with E-state index in [-0.39, 0.29) is 5.91 Å². The summed E-state index contributed by atoms with van der Waals surface area (Å²) in [5.74, 6) is 1.14. The van der Waals surface area contributed by atoms with Crippen LogP contribution in [0.15, 0.2) is 18.2 Å². The molecular weight excluding hydrogens is 290 g/mol. The van der Waals surface area contributed by atoms with Crippen LogP contribution in [0.25, 0.3) is 0 Å². The molecule has 1 amide bonds. The van der Waals surface area contributed by atoms with Gasteiger partial charge in [-0.15, -0.1) is 0 Å². The van der Waals surface area contributed by atoms with Gasteiger partial charge in [-0.2, -0.15) is 0 Å². The number of amides is 1. The maximum atomic E-state index is 12.7. The Labute approximate surface area is 140 Å². The van der Waals surface area contributed by atoms with Gasteiger partial charge in [0.2, 0.25) is 0 Å². The monoisotopic (exact) mass is 321 g/mol. The Morgan fingerprint density at radius 1 is 1.30 bits per heavy atom. The second-order valence-corrected chi connectivity index (χ2v) is 6.54. The van der Waals surface area contributed by atoms with Gasteiger partial charge in [0.05, 0.1) is 6.61 Å². The first-order valence-corrected chi connectivity index (χ1v) is 8.51. The van der Waals surface area contributed by atoms with Gasteiger partial charge in [0.1, 0.15) is 11.4 Å². The molecule has 1 aromatic rings. The summed E-state index contributed by atoms with van der Waals surface area (Å²) in [6, 6.07) is 5.71. The van der Waals surface area contributed by atoms with E-state index in [1.165, 1.54) is 0 Å². The fourth-order valence-electron chi connectivity index (χ4n) is 2.68. The SMILES string of the molecule is CCCOc1ccc(NC(=O)[C@@](C)(CC(C)C)OCC)cc1C. The second kappa shape index (κ2) is 8.92. The number of anilines is 1. The van der Waals surface area contributed by atoms with E-state index >= 15 is 0 Å². The lowest BCUT2D eigenvalue weighted by molar-refractivity contribution is -0.140. The zero-order valence-electron chi connectivity index (χ0n) is 15.4. The van der Waals surface area contributed by atoms with Gasteiger partial charge in [0, 0.05) is 12.3 Å². The number of carbonyl (C=O) groups excluding carboxylic acids is 1. The summed E-state index contributed by atoms with van der Waals surface area (Å²) in [7, 11) is 0. The fourth-order valence-corrected chi connectivity index (χ4v) is 2.68.